The molecular weight excluding hydrogens is 386 g/mol. The molecule has 1 aromatic rings. The Labute approximate surface area is 138 Å². The third-order valence-corrected chi connectivity index (χ3v) is 4.14. The summed E-state index contributed by atoms with van der Waals surface area (Å²) >= 11 is 2.79. The number of carbonyl (C=O) groups is 1. The largest absolute Gasteiger partial charge is 0.480 e. The summed E-state index contributed by atoms with van der Waals surface area (Å²) in [6, 6.07) is 1.26. The number of rotatable bonds is 6. The molecule has 23 heavy (non-hydrogen) atoms. The predicted molar refractivity (Wildman–Crippen MR) is 78.2 cm³/mol. The number of benzene rings is 1. The van der Waals surface area contributed by atoms with Gasteiger partial charge in [0.25, 0.3) is 5.92 Å². The minimum absolute atomic E-state index is 0.231. The zero-order valence-corrected chi connectivity index (χ0v) is 14.2. The number of hydrogen-bond acceptors (Lipinski definition) is 3. The summed E-state index contributed by atoms with van der Waals surface area (Å²) < 4.78 is 61.3. The van der Waals surface area contributed by atoms with Crippen molar-refractivity contribution in [3.05, 3.63) is 33.8 Å². The maximum Gasteiger partial charge on any atom is 0.329 e. The first-order chi connectivity index (χ1) is 10.2. The predicted octanol–water partition coefficient (Wildman–Crippen LogP) is 3.42. The van der Waals surface area contributed by atoms with Crippen molar-refractivity contribution in [1.82, 2.24) is 0 Å². The van der Waals surface area contributed by atoms with Crippen LogP contribution in [-0.4, -0.2) is 29.2 Å². The number of alkyl halides is 2. The van der Waals surface area contributed by atoms with Gasteiger partial charge in [-0.05, 0) is 42.8 Å². The monoisotopic (exact) mass is 401 g/mol. The van der Waals surface area contributed by atoms with E-state index in [0.29, 0.717) is 6.07 Å². The molecule has 3 N–H and O–H groups in total. The number of carboxylic acid groups (broad SMARTS) is 1. The Morgan fingerprint density at radius 2 is 1.78 bits per heavy atom. The first-order valence-corrected chi connectivity index (χ1v) is 7.21. The Balaban J connectivity index is 3.34. The highest BCUT2D eigenvalue weighted by Gasteiger charge is 2.60. The average Bonchev–Trinajstić information content (AvgIpc) is 2.40. The number of nitrogens with two attached hydrogens (primary N) is 1. The first kappa shape index (κ1) is 19.9. The first-order valence-electron chi connectivity index (χ1n) is 6.41. The Morgan fingerprint density at radius 1 is 1.26 bits per heavy atom. The molecule has 0 unspecified atom stereocenters. The fourth-order valence-electron chi connectivity index (χ4n) is 2.05. The van der Waals surface area contributed by atoms with E-state index in [1.807, 2.05) is 0 Å². The molecule has 1 aromatic carbocycles. The van der Waals surface area contributed by atoms with E-state index in [4.69, 9.17) is 15.6 Å². The van der Waals surface area contributed by atoms with Crippen LogP contribution in [-0.2, 0) is 15.1 Å². The number of aliphatic carboxylic acids is 1. The Kier molecular flexibility index (Phi) is 5.50. The minimum atomic E-state index is -3.88. The molecule has 0 saturated carbocycles. The van der Waals surface area contributed by atoms with E-state index in [-0.39, 0.29) is 4.47 Å². The van der Waals surface area contributed by atoms with E-state index in [2.05, 4.69) is 15.9 Å². The highest BCUT2D eigenvalue weighted by atomic mass is 79.9. The molecule has 0 aliphatic carbocycles. The second-order valence-electron chi connectivity index (χ2n) is 5.72. The zero-order valence-electron chi connectivity index (χ0n) is 12.6. The summed E-state index contributed by atoms with van der Waals surface area (Å²) in [5, 5.41) is 8.56. The van der Waals surface area contributed by atoms with Gasteiger partial charge in [-0.25, -0.2) is 22.4 Å². The van der Waals surface area contributed by atoms with Gasteiger partial charge in [-0.3, -0.25) is 0 Å². The van der Waals surface area contributed by atoms with E-state index in [0.717, 1.165) is 26.8 Å². The fourth-order valence-corrected chi connectivity index (χ4v) is 2.39. The second kappa shape index (κ2) is 6.37. The standard InChI is InChI=1S/C14H16BrF4NO3/c1-12(2,23-6-11(21)22)14(18,19)13(3,20)7-4-8(15)10(17)5-9(7)16/h4-5H,6,20H2,1-3H3,(H,21,22)/t13-/m1/s1. The fraction of sp³-hybridized carbons (Fsp3) is 0.500. The van der Waals surface area contributed by atoms with Crippen molar-refractivity contribution in [3.63, 3.8) is 0 Å². The number of hydrogen-bond donors (Lipinski definition) is 2. The van der Waals surface area contributed by atoms with Crippen LogP contribution < -0.4 is 5.73 Å². The Hall–Kier alpha value is -1.19. The van der Waals surface area contributed by atoms with Crippen LogP contribution in [0, 0.1) is 11.6 Å². The second-order valence-corrected chi connectivity index (χ2v) is 6.57. The third-order valence-electron chi connectivity index (χ3n) is 3.53. The number of ether oxygens (including phenoxy) is 1. The smallest absolute Gasteiger partial charge is 0.329 e. The summed E-state index contributed by atoms with van der Waals surface area (Å²) in [7, 11) is 0. The van der Waals surface area contributed by atoms with E-state index < -0.39 is 46.8 Å². The van der Waals surface area contributed by atoms with Gasteiger partial charge in [0.05, 0.1) is 4.47 Å². The van der Waals surface area contributed by atoms with Gasteiger partial charge >= 0.3 is 5.97 Å². The molecule has 0 aromatic heterocycles. The molecule has 0 fully saturated rings. The average molecular weight is 402 g/mol. The Bertz CT molecular complexity index is 620. The summed E-state index contributed by atoms with van der Waals surface area (Å²) in [6.45, 7) is 1.77. The van der Waals surface area contributed by atoms with Gasteiger partial charge in [-0.1, -0.05) is 0 Å². The topological polar surface area (TPSA) is 72.5 Å². The third kappa shape index (κ3) is 3.67. The molecular formula is C14H16BrF4NO3. The molecule has 0 radical (unpaired) electrons. The summed E-state index contributed by atoms with van der Waals surface area (Å²) in [5.74, 6) is -7.53. The molecule has 0 aliphatic heterocycles. The lowest BCUT2D eigenvalue weighted by molar-refractivity contribution is -0.227. The van der Waals surface area contributed by atoms with E-state index in [1.165, 1.54) is 0 Å². The molecule has 0 amide bonds. The molecule has 0 aliphatic rings. The highest BCUT2D eigenvalue weighted by molar-refractivity contribution is 9.10. The highest BCUT2D eigenvalue weighted by Crippen LogP contribution is 2.45. The van der Waals surface area contributed by atoms with Crippen LogP contribution >= 0.6 is 15.9 Å². The van der Waals surface area contributed by atoms with Crippen LogP contribution in [0.5, 0.6) is 0 Å². The lowest BCUT2D eigenvalue weighted by Crippen LogP contribution is -2.62. The van der Waals surface area contributed by atoms with E-state index >= 15 is 0 Å². The number of halogens is 5. The van der Waals surface area contributed by atoms with Gasteiger partial charge in [-0.2, -0.15) is 0 Å². The maximum atomic E-state index is 14.8. The molecule has 0 bridgehead atoms. The van der Waals surface area contributed by atoms with Crippen molar-refractivity contribution in [2.45, 2.75) is 37.8 Å². The van der Waals surface area contributed by atoms with Gasteiger partial charge in [0.15, 0.2) is 0 Å². The van der Waals surface area contributed by atoms with Crippen molar-refractivity contribution >= 4 is 21.9 Å². The molecule has 9 heteroatoms. The molecule has 0 heterocycles. The van der Waals surface area contributed by atoms with E-state index in [1.54, 1.807) is 0 Å². The lowest BCUT2D eigenvalue weighted by Gasteiger charge is -2.43. The molecule has 1 rings (SSSR count). The van der Waals surface area contributed by atoms with Gasteiger partial charge in [-0.15, -0.1) is 0 Å². The Morgan fingerprint density at radius 3 is 2.26 bits per heavy atom. The molecule has 4 nitrogen and oxygen atoms in total. The summed E-state index contributed by atoms with van der Waals surface area (Å²) in [6.07, 6.45) is 0. The van der Waals surface area contributed by atoms with Crippen molar-refractivity contribution in [1.29, 1.82) is 0 Å². The van der Waals surface area contributed by atoms with Gasteiger partial charge in [0.2, 0.25) is 0 Å². The zero-order chi connectivity index (χ0) is 18.2. The van der Waals surface area contributed by atoms with Crippen LogP contribution in [0.1, 0.15) is 26.3 Å². The quantitative estimate of drug-likeness (QED) is 0.565. The van der Waals surface area contributed by atoms with Gasteiger partial charge < -0.3 is 15.6 Å². The van der Waals surface area contributed by atoms with Crippen molar-refractivity contribution in [2.24, 2.45) is 5.73 Å². The van der Waals surface area contributed by atoms with Crippen molar-refractivity contribution < 1.29 is 32.2 Å². The molecule has 1 atom stereocenters. The van der Waals surface area contributed by atoms with Crippen LogP contribution in [0.4, 0.5) is 17.6 Å². The van der Waals surface area contributed by atoms with Crippen LogP contribution in [0.15, 0.2) is 16.6 Å². The maximum absolute atomic E-state index is 14.8. The van der Waals surface area contributed by atoms with Gasteiger partial charge in [0, 0.05) is 11.6 Å². The SMILES string of the molecule is CC(C)(OCC(=O)O)C(F)(F)[C@](C)(N)c1cc(Br)c(F)cc1F. The van der Waals surface area contributed by atoms with Gasteiger partial charge in [0.1, 0.15) is 29.4 Å². The minimum Gasteiger partial charge on any atom is -0.480 e. The van der Waals surface area contributed by atoms with E-state index in [9.17, 15) is 22.4 Å². The molecule has 0 saturated heterocycles. The molecule has 0 spiro atoms. The van der Waals surface area contributed by atoms with Crippen molar-refractivity contribution in [2.75, 3.05) is 6.61 Å². The normalized spacial score (nSPS) is 15.3. The molecule has 130 valence electrons. The summed E-state index contributed by atoms with van der Waals surface area (Å²) in [5.41, 5.74) is 0.126. The van der Waals surface area contributed by atoms with Crippen LogP contribution in [0.3, 0.4) is 0 Å². The van der Waals surface area contributed by atoms with Crippen LogP contribution in [0.25, 0.3) is 0 Å². The summed E-state index contributed by atoms with van der Waals surface area (Å²) in [4.78, 5) is 10.5. The lowest BCUT2D eigenvalue weighted by atomic mass is 9.78. The number of carboxylic acids is 1. The van der Waals surface area contributed by atoms with Crippen molar-refractivity contribution in [3.8, 4) is 0 Å². The van der Waals surface area contributed by atoms with Crippen LogP contribution in [0.2, 0.25) is 0 Å².